The molecule has 0 bridgehead atoms. The Morgan fingerprint density at radius 3 is 2.90 bits per heavy atom. The Labute approximate surface area is 174 Å². The van der Waals surface area contributed by atoms with Crippen molar-refractivity contribution in [3.63, 3.8) is 0 Å². The summed E-state index contributed by atoms with van der Waals surface area (Å²) in [7, 11) is 2.19. The predicted octanol–water partition coefficient (Wildman–Crippen LogP) is 1.95. The van der Waals surface area contributed by atoms with Crippen molar-refractivity contribution >= 4 is 33.5 Å². The minimum atomic E-state index is 0.875. The van der Waals surface area contributed by atoms with Gasteiger partial charge in [-0.25, -0.2) is 9.97 Å². The van der Waals surface area contributed by atoms with Crippen molar-refractivity contribution in [2.24, 2.45) is 0 Å². The number of aromatic nitrogens is 5. The maximum Gasteiger partial charge on any atom is 0.145 e. The van der Waals surface area contributed by atoms with Crippen LogP contribution in [0.2, 0.25) is 0 Å². The average molecular weight is 411 g/mol. The number of piperazine rings is 1. The van der Waals surface area contributed by atoms with Crippen molar-refractivity contribution in [2.75, 3.05) is 57.0 Å². The lowest BCUT2D eigenvalue weighted by Crippen LogP contribution is -2.45. The molecule has 1 N–H and O–H groups in total. The molecule has 0 amide bonds. The topological polar surface area (TPSA) is 69.1 Å². The van der Waals surface area contributed by atoms with E-state index in [1.807, 2.05) is 30.2 Å². The number of likely N-dealkylation sites (N-methyl/N-ethyl adjacent to an activating group) is 1. The van der Waals surface area contributed by atoms with Gasteiger partial charge in [0.15, 0.2) is 0 Å². The first-order valence-electron chi connectivity index (χ1n) is 10.1. The molecule has 1 saturated heterocycles. The number of fused-ring (bicyclic) bond motifs is 1. The summed E-state index contributed by atoms with van der Waals surface area (Å²) >= 11 is 1.88. The third-order valence-corrected chi connectivity index (χ3v) is 6.67. The molecule has 5 heterocycles. The van der Waals surface area contributed by atoms with Crippen molar-refractivity contribution in [3.05, 3.63) is 42.7 Å². The lowest BCUT2D eigenvalue weighted by atomic mass is 10.3. The summed E-state index contributed by atoms with van der Waals surface area (Å²) in [5, 5.41) is 5.66. The van der Waals surface area contributed by atoms with Gasteiger partial charge in [0.2, 0.25) is 0 Å². The van der Waals surface area contributed by atoms with Crippen LogP contribution in [0.15, 0.2) is 37.2 Å². The fourth-order valence-corrected chi connectivity index (χ4v) is 4.82. The Kier molecular flexibility index (Phi) is 5.26. The van der Waals surface area contributed by atoms with Gasteiger partial charge < -0.3 is 14.8 Å². The van der Waals surface area contributed by atoms with Gasteiger partial charge in [-0.2, -0.15) is 5.10 Å². The largest absolute Gasteiger partial charge is 0.346 e. The summed E-state index contributed by atoms with van der Waals surface area (Å²) in [6.45, 7) is 7.52. The normalized spacial score (nSPS) is 19.1. The Morgan fingerprint density at radius 1 is 1.10 bits per heavy atom. The van der Waals surface area contributed by atoms with E-state index in [1.165, 1.54) is 10.5 Å². The van der Waals surface area contributed by atoms with E-state index in [4.69, 9.17) is 0 Å². The minimum absolute atomic E-state index is 0.875. The molecule has 3 aromatic rings. The Bertz CT molecular complexity index is 1000. The van der Waals surface area contributed by atoms with Crippen LogP contribution in [0.3, 0.4) is 0 Å². The Hall–Kier alpha value is -2.36. The van der Waals surface area contributed by atoms with Gasteiger partial charge in [0.1, 0.15) is 17.8 Å². The van der Waals surface area contributed by atoms with Crippen molar-refractivity contribution < 1.29 is 0 Å². The number of hydrogen-bond acceptors (Lipinski definition) is 7. The van der Waals surface area contributed by atoms with Gasteiger partial charge in [-0.3, -0.25) is 9.58 Å². The molecule has 0 saturated carbocycles. The van der Waals surface area contributed by atoms with Crippen molar-refractivity contribution in [1.82, 2.24) is 34.5 Å². The smallest absolute Gasteiger partial charge is 0.145 e. The average Bonchev–Trinajstić information content (AvgIpc) is 3.43. The molecule has 0 atom stereocenters. The quantitative estimate of drug-likeness (QED) is 0.689. The summed E-state index contributed by atoms with van der Waals surface area (Å²) in [5.74, 6) is 1.98. The van der Waals surface area contributed by atoms with Crippen LogP contribution >= 0.6 is 11.8 Å². The van der Waals surface area contributed by atoms with E-state index < -0.39 is 0 Å². The minimum Gasteiger partial charge on any atom is -0.346 e. The van der Waals surface area contributed by atoms with Gasteiger partial charge in [-0.05, 0) is 13.1 Å². The van der Waals surface area contributed by atoms with Gasteiger partial charge >= 0.3 is 0 Å². The summed E-state index contributed by atoms with van der Waals surface area (Å²) < 4.78 is 2.07. The van der Waals surface area contributed by atoms with E-state index in [0.29, 0.717) is 0 Å². The highest BCUT2D eigenvalue weighted by atomic mass is 32.2. The molecule has 29 heavy (non-hydrogen) atoms. The molecular formula is C20H26N8S. The first kappa shape index (κ1) is 18.7. The molecule has 0 aromatic carbocycles. The molecule has 152 valence electrons. The Balaban J connectivity index is 1.29. The highest BCUT2D eigenvalue weighted by molar-refractivity contribution is 8.08. The molecule has 0 aliphatic carbocycles. The molecule has 9 heteroatoms. The number of aromatic amines is 1. The maximum atomic E-state index is 4.61. The van der Waals surface area contributed by atoms with Crippen LogP contribution in [0.5, 0.6) is 0 Å². The number of rotatable bonds is 5. The monoisotopic (exact) mass is 410 g/mol. The third kappa shape index (κ3) is 4.03. The predicted molar refractivity (Wildman–Crippen MR) is 118 cm³/mol. The molecule has 1 fully saturated rings. The molecule has 0 unspecified atom stereocenters. The third-order valence-electron chi connectivity index (χ3n) is 5.63. The summed E-state index contributed by atoms with van der Waals surface area (Å²) in [6, 6.07) is 2.04. The van der Waals surface area contributed by atoms with E-state index in [1.54, 1.807) is 6.33 Å². The molecule has 3 aromatic heterocycles. The summed E-state index contributed by atoms with van der Waals surface area (Å²) in [4.78, 5) is 20.4. The lowest BCUT2D eigenvalue weighted by molar-refractivity contribution is 0.149. The van der Waals surface area contributed by atoms with Crippen LogP contribution in [0.1, 0.15) is 5.56 Å². The Morgan fingerprint density at radius 2 is 2.00 bits per heavy atom. The number of anilines is 1. The van der Waals surface area contributed by atoms with Gasteiger partial charge in [0.05, 0.1) is 18.1 Å². The number of H-pyrrole nitrogens is 1. The zero-order valence-electron chi connectivity index (χ0n) is 16.7. The summed E-state index contributed by atoms with van der Waals surface area (Å²) in [6.07, 6.45) is 9.89. The van der Waals surface area contributed by atoms with Gasteiger partial charge in [-0.1, -0.05) is 0 Å². The van der Waals surface area contributed by atoms with Gasteiger partial charge in [0.25, 0.3) is 0 Å². The van der Waals surface area contributed by atoms with E-state index in [9.17, 15) is 0 Å². The zero-order valence-corrected chi connectivity index (χ0v) is 17.5. The van der Waals surface area contributed by atoms with Crippen LogP contribution in [-0.2, 0) is 6.54 Å². The zero-order chi connectivity index (χ0) is 19.6. The van der Waals surface area contributed by atoms with E-state index in [0.717, 1.165) is 68.4 Å². The lowest BCUT2D eigenvalue weighted by Gasteiger charge is -2.32. The van der Waals surface area contributed by atoms with Crippen LogP contribution in [0.4, 0.5) is 5.82 Å². The van der Waals surface area contributed by atoms with Crippen LogP contribution in [-0.4, -0.2) is 86.6 Å². The van der Waals surface area contributed by atoms with Crippen molar-refractivity contribution in [1.29, 1.82) is 0 Å². The highest BCUT2D eigenvalue weighted by Crippen LogP contribution is 2.34. The van der Waals surface area contributed by atoms with Crippen molar-refractivity contribution in [2.45, 2.75) is 6.54 Å². The second kappa shape index (κ2) is 8.17. The molecule has 0 spiro atoms. The second-order valence-corrected chi connectivity index (χ2v) is 8.75. The highest BCUT2D eigenvalue weighted by Gasteiger charge is 2.19. The molecule has 2 aliphatic rings. The number of nitrogens with one attached hydrogen (secondary N) is 1. The van der Waals surface area contributed by atoms with Gasteiger partial charge in [-0.15, -0.1) is 11.8 Å². The maximum absolute atomic E-state index is 4.61. The van der Waals surface area contributed by atoms with E-state index >= 15 is 0 Å². The number of hydrogen-bond donors (Lipinski definition) is 1. The molecular weight excluding hydrogens is 384 g/mol. The van der Waals surface area contributed by atoms with Gasteiger partial charge in [0, 0.05) is 74.1 Å². The fourth-order valence-electron chi connectivity index (χ4n) is 3.84. The first-order chi connectivity index (χ1) is 14.3. The fraction of sp³-hybridized carbons (Fsp3) is 0.450. The van der Waals surface area contributed by atoms with Crippen LogP contribution in [0.25, 0.3) is 15.9 Å². The second-order valence-electron chi connectivity index (χ2n) is 7.61. The standard InChI is InChI=1S/C20H26N8S/c1-25-4-6-26(7-5-25)8-9-28-13-16(12-24-28)18-14-27(10-11-29-18)20-17-2-3-21-19(17)22-15-23-20/h2-3,12-15H,4-11H2,1H3,(H,21,22,23). The number of nitrogens with zero attached hydrogens (tertiary/aromatic N) is 7. The molecule has 5 rings (SSSR count). The molecule has 8 nitrogen and oxygen atoms in total. The number of thioether (sulfide) groups is 1. The molecule has 0 radical (unpaired) electrons. The van der Waals surface area contributed by atoms with E-state index in [-0.39, 0.29) is 0 Å². The first-order valence-corrected chi connectivity index (χ1v) is 11.1. The molecule has 2 aliphatic heterocycles. The van der Waals surface area contributed by atoms with Crippen molar-refractivity contribution in [3.8, 4) is 0 Å². The summed E-state index contributed by atoms with van der Waals surface area (Å²) in [5.41, 5.74) is 2.05. The van der Waals surface area contributed by atoms with Crippen LogP contribution in [0, 0.1) is 0 Å². The van der Waals surface area contributed by atoms with E-state index in [2.05, 4.69) is 58.9 Å². The SMILES string of the molecule is CN1CCN(CCn2cc(C3=CN(c4ncnc5[nH]ccc45)CCS3)cn2)CC1. The van der Waals surface area contributed by atoms with Crippen LogP contribution < -0.4 is 4.90 Å².